The molecule has 27 heavy (non-hydrogen) atoms. The zero-order chi connectivity index (χ0) is 19.0. The number of ether oxygens (including phenoxy) is 1. The van der Waals surface area contributed by atoms with Crippen molar-refractivity contribution < 1.29 is 17.6 Å². The molecular weight excluding hydrogens is 362 g/mol. The van der Waals surface area contributed by atoms with Gasteiger partial charge in [-0.3, -0.25) is 4.72 Å². The fourth-order valence-corrected chi connectivity index (χ4v) is 4.66. The molecule has 1 aliphatic carbocycles. The molecule has 0 saturated heterocycles. The first-order valence-electron chi connectivity index (χ1n) is 9.26. The Kier molecular flexibility index (Phi) is 4.60. The van der Waals surface area contributed by atoms with Gasteiger partial charge in [-0.2, -0.15) is 0 Å². The lowest BCUT2D eigenvalue weighted by atomic mass is 9.88. The maximum absolute atomic E-state index is 12.7. The molecule has 1 aliphatic rings. The van der Waals surface area contributed by atoms with E-state index < -0.39 is 10.0 Å². The van der Waals surface area contributed by atoms with E-state index in [4.69, 9.17) is 9.15 Å². The highest BCUT2D eigenvalue weighted by Crippen LogP contribution is 2.35. The Balaban J connectivity index is 1.63. The molecule has 142 valence electrons. The fourth-order valence-electron chi connectivity index (χ4n) is 3.61. The van der Waals surface area contributed by atoms with E-state index in [1.807, 2.05) is 19.1 Å². The van der Waals surface area contributed by atoms with Gasteiger partial charge in [0.05, 0.1) is 11.5 Å². The van der Waals surface area contributed by atoms with Crippen molar-refractivity contribution in [2.24, 2.45) is 5.92 Å². The summed E-state index contributed by atoms with van der Waals surface area (Å²) < 4.78 is 39.4. The number of anilines is 1. The zero-order valence-corrected chi connectivity index (χ0v) is 16.3. The maximum atomic E-state index is 12.7. The second-order valence-electron chi connectivity index (χ2n) is 7.07. The van der Waals surface area contributed by atoms with Crippen molar-refractivity contribution in [1.29, 1.82) is 0 Å². The summed E-state index contributed by atoms with van der Waals surface area (Å²) in [5.41, 5.74) is 2.57. The molecule has 4 rings (SSSR count). The van der Waals surface area contributed by atoms with E-state index in [2.05, 4.69) is 11.6 Å². The number of rotatable bonds is 5. The normalized spacial score (nSPS) is 16.9. The Hall–Kier alpha value is -2.47. The number of furan rings is 1. The molecule has 0 aliphatic heterocycles. The Labute approximate surface area is 159 Å². The molecule has 1 atom stereocenters. The van der Waals surface area contributed by atoms with Gasteiger partial charge in [0.15, 0.2) is 0 Å². The predicted molar refractivity (Wildman–Crippen MR) is 106 cm³/mol. The number of hydrogen-bond acceptors (Lipinski definition) is 4. The third-order valence-electron chi connectivity index (χ3n) is 4.99. The number of sulfonamides is 1. The summed E-state index contributed by atoms with van der Waals surface area (Å²) in [5, 5.41) is 1.00. The minimum Gasteiger partial charge on any atom is -0.494 e. The van der Waals surface area contributed by atoms with Crippen LogP contribution in [0.4, 0.5) is 5.69 Å². The predicted octanol–water partition coefficient (Wildman–Crippen LogP) is 4.76. The third kappa shape index (κ3) is 3.54. The van der Waals surface area contributed by atoms with Crippen LogP contribution in [-0.4, -0.2) is 15.0 Å². The average molecular weight is 385 g/mol. The minimum atomic E-state index is -3.66. The molecule has 0 fully saturated rings. The van der Waals surface area contributed by atoms with Crippen LogP contribution in [0.2, 0.25) is 0 Å². The molecule has 0 unspecified atom stereocenters. The molecule has 5 nitrogen and oxygen atoms in total. The molecule has 6 heteroatoms. The SMILES string of the molecule is CCOc1ccc(S(=O)(=O)Nc2ccc3oc4c(c3c2)C[C@@H](C)CC4)cc1. The summed E-state index contributed by atoms with van der Waals surface area (Å²) in [6.07, 6.45) is 3.04. The fraction of sp³-hybridized carbons (Fsp3) is 0.333. The first kappa shape index (κ1) is 17.9. The minimum absolute atomic E-state index is 0.203. The monoisotopic (exact) mass is 385 g/mol. The van der Waals surface area contributed by atoms with Gasteiger partial charge in [-0.15, -0.1) is 0 Å². The highest BCUT2D eigenvalue weighted by molar-refractivity contribution is 7.92. The number of hydrogen-bond donors (Lipinski definition) is 1. The molecule has 3 aromatic rings. The lowest BCUT2D eigenvalue weighted by Gasteiger charge is -2.16. The summed E-state index contributed by atoms with van der Waals surface area (Å²) in [4.78, 5) is 0.203. The van der Waals surface area contributed by atoms with Crippen molar-refractivity contribution >= 4 is 26.7 Å². The summed E-state index contributed by atoms with van der Waals surface area (Å²) in [6.45, 7) is 4.66. The number of fused-ring (bicyclic) bond motifs is 3. The van der Waals surface area contributed by atoms with E-state index >= 15 is 0 Å². The van der Waals surface area contributed by atoms with Gasteiger partial charge in [-0.1, -0.05) is 6.92 Å². The first-order valence-corrected chi connectivity index (χ1v) is 10.7. The van der Waals surface area contributed by atoms with Crippen molar-refractivity contribution in [3.8, 4) is 5.75 Å². The van der Waals surface area contributed by atoms with Crippen molar-refractivity contribution in [2.75, 3.05) is 11.3 Å². The molecule has 0 amide bonds. The Morgan fingerprint density at radius 1 is 1.19 bits per heavy atom. The van der Waals surface area contributed by atoms with Gasteiger partial charge in [0, 0.05) is 23.1 Å². The molecule has 0 bridgehead atoms. The first-order chi connectivity index (χ1) is 13.0. The molecular formula is C21H23NO4S. The van der Waals surface area contributed by atoms with Crippen LogP contribution < -0.4 is 9.46 Å². The standard InChI is InChI=1S/C21H23NO4S/c1-3-25-16-6-8-17(9-7-16)27(23,24)22-15-5-11-21-19(13-15)18-12-14(2)4-10-20(18)26-21/h5-9,11,13-14,22H,3-4,10,12H2,1-2H3/t14-/m0/s1. The lowest BCUT2D eigenvalue weighted by molar-refractivity contribution is 0.340. The second kappa shape index (κ2) is 6.93. The van der Waals surface area contributed by atoms with Gasteiger partial charge in [-0.25, -0.2) is 8.42 Å². The average Bonchev–Trinajstić information content (AvgIpc) is 2.99. The summed E-state index contributed by atoms with van der Waals surface area (Å²) >= 11 is 0. The van der Waals surface area contributed by atoms with E-state index in [1.165, 1.54) is 5.56 Å². The van der Waals surface area contributed by atoms with Crippen molar-refractivity contribution in [3.05, 3.63) is 53.8 Å². The molecule has 1 heterocycles. The number of nitrogens with one attached hydrogen (secondary N) is 1. The molecule has 1 N–H and O–H groups in total. The van der Waals surface area contributed by atoms with Gasteiger partial charge in [0.25, 0.3) is 10.0 Å². The van der Waals surface area contributed by atoms with E-state index in [0.29, 0.717) is 24.0 Å². The summed E-state index contributed by atoms with van der Waals surface area (Å²) in [6, 6.07) is 11.9. The van der Waals surface area contributed by atoms with Crippen LogP contribution >= 0.6 is 0 Å². The van der Waals surface area contributed by atoms with Gasteiger partial charge in [0.1, 0.15) is 17.1 Å². The second-order valence-corrected chi connectivity index (χ2v) is 8.76. The van der Waals surface area contributed by atoms with E-state index in [-0.39, 0.29) is 4.90 Å². The Morgan fingerprint density at radius 2 is 1.96 bits per heavy atom. The molecule has 0 radical (unpaired) electrons. The van der Waals surface area contributed by atoms with Crippen molar-refractivity contribution in [1.82, 2.24) is 0 Å². The molecule has 0 spiro atoms. The largest absolute Gasteiger partial charge is 0.494 e. The van der Waals surface area contributed by atoms with Crippen LogP contribution in [0.1, 0.15) is 31.6 Å². The summed E-state index contributed by atoms with van der Waals surface area (Å²) in [7, 11) is -3.66. The third-order valence-corrected chi connectivity index (χ3v) is 6.39. The van der Waals surface area contributed by atoms with Gasteiger partial charge in [-0.05, 0) is 68.1 Å². The van der Waals surface area contributed by atoms with Crippen molar-refractivity contribution in [3.63, 3.8) is 0 Å². The van der Waals surface area contributed by atoms with Crippen LogP contribution in [0.15, 0.2) is 51.8 Å². The molecule has 1 aromatic heterocycles. The smallest absolute Gasteiger partial charge is 0.261 e. The van der Waals surface area contributed by atoms with Crippen molar-refractivity contribution in [2.45, 2.75) is 38.0 Å². The zero-order valence-electron chi connectivity index (χ0n) is 15.5. The summed E-state index contributed by atoms with van der Waals surface area (Å²) in [5.74, 6) is 2.30. The van der Waals surface area contributed by atoms with E-state index in [1.54, 1.807) is 30.3 Å². The maximum Gasteiger partial charge on any atom is 0.261 e. The van der Waals surface area contributed by atoms with Crippen LogP contribution in [0, 0.1) is 5.92 Å². The van der Waals surface area contributed by atoms with Gasteiger partial charge < -0.3 is 9.15 Å². The highest BCUT2D eigenvalue weighted by atomic mass is 32.2. The Morgan fingerprint density at radius 3 is 2.70 bits per heavy atom. The van der Waals surface area contributed by atoms with Gasteiger partial charge in [0.2, 0.25) is 0 Å². The van der Waals surface area contributed by atoms with Crippen LogP contribution in [0.25, 0.3) is 11.0 Å². The quantitative estimate of drug-likeness (QED) is 0.688. The Bertz CT molecular complexity index is 1070. The van der Waals surface area contributed by atoms with Crippen LogP contribution in [0.3, 0.4) is 0 Å². The van der Waals surface area contributed by atoms with E-state index in [0.717, 1.165) is 36.0 Å². The van der Waals surface area contributed by atoms with Crippen LogP contribution in [-0.2, 0) is 22.9 Å². The molecule has 0 saturated carbocycles. The number of aryl methyl sites for hydroxylation is 1. The number of benzene rings is 2. The van der Waals surface area contributed by atoms with Gasteiger partial charge >= 0.3 is 0 Å². The van der Waals surface area contributed by atoms with Crippen LogP contribution in [0.5, 0.6) is 5.75 Å². The topological polar surface area (TPSA) is 68.5 Å². The highest BCUT2D eigenvalue weighted by Gasteiger charge is 2.22. The molecule has 2 aromatic carbocycles. The lowest BCUT2D eigenvalue weighted by Crippen LogP contribution is -2.13. The van der Waals surface area contributed by atoms with E-state index in [9.17, 15) is 8.42 Å².